The van der Waals surface area contributed by atoms with E-state index in [-0.39, 0.29) is 28.8 Å². The van der Waals surface area contributed by atoms with Crippen molar-refractivity contribution in [3.63, 3.8) is 0 Å². The molecule has 7 heteroatoms. The molecule has 190 valence electrons. The summed E-state index contributed by atoms with van der Waals surface area (Å²) in [5, 5.41) is 3.00. The van der Waals surface area contributed by atoms with Crippen molar-refractivity contribution in [2.45, 2.75) is 31.2 Å². The number of nitrogens with one attached hydrogen (secondary N) is 1. The molecular formula is C30H30N2O4S. The van der Waals surface area contributed by atoms with Crippen LogP contribution in [-0.2, 0) is 16.6 Å². The Bertz CT molecular complexity index is 1470. The lowest BCUT2D eigenvalue weighted by atomic mass is 10.0. The summed E-state index contributed by atoms with van der Waals surface area (Å²) in [6, 6.07) is 29.9. The van der Waals surface area contributed by atoms with Gasteiger partial charge in [0, 0.05) is 5.69 Å². The van der Waals surface area contributed by atoms with Crippen LogP contribution in [0.5, 0.6) is 5.75 Å². The molecule has 1 N–H and O–H groups in total. The lowest BCUT2D eigenvalue weighted by Crippen LogP contribution is -2.32. The number of nitrogens with zero attached hydrogens (tertiary/aromatic N) is 1. The van der Waals surface area contributed by atoms with Gasteiger partial charge in [-0.1, -0.05) is 74.5 Å². The van der Waals surface area contributed by atoms with Crippen molar-refractivity contribution >= 4 is 27.3 Å². The topological polar surface area (TPSA) is 75.7 Å². The molecule has 1 amide bonds. The maximum absolute atomic E-state index is 14.0. The van der Waals surface area contributed by atoms with E-state index in [0.29, 0.717) is 17.1 Å². The number of anilines is 2. The Hall–Kier alpha value is -4.10. The van der Waals surface area contributed by atoms with Crippen LogP contribution in [0.1, 0.15) is 41.3 Å². The number of methoxy groups -OCH3 is 1. The van der Waals surface area contributed by atoms with Gasteiger partial charge in [0.25, 0.3) is 15.9 Å². The molecule has 37 heavy (non-hydrogen) atoms. The number of amides is 1. The molecule has 0 bridgehead atoms. The number of carbonyl (C=O) groups is 1. The van der Waals surface area contributed by atoms with Gasteiger partial charge >= 0.3 is 0 Å². The first-order valence-corrected chi connectivity index (χ1v) is 13.5. The van der Waals surface area contributed by atoms with E-state index in [1.54, 1.807) is 36.4 Å². The fourth-order valence-corrected chi connectivity index (χ4v) is 5.58. The Morgan fingerprint density at radius 3 is 2.14 bits per heavy atom. The van der Waals surface area contributed by atoms with Gasteiger partial charge in [-0.3, -0.25) is 9.10 Å². The van der Waals surface area contributed by atoms with Gasteiger partial charge in [-0.25, -0.2) is 8.42 Å². The number of carbonyl (C=O) groups excluding carboxylic acids is 1. The molecule has 0 aliphatic heterocycles. The lowest BCUT2D eigenvalue weighted by Gasteiger charge is -2.27. The van der Waals surface area contributed by atoms with Gasteiger partial charge in [-0.05, 0) is 59.5 Å². The number of ether oxygens (including phenoxy) is 1. The summed E-state index contributed by atoms with van der Waals surface area (Å²) < 4.78 is 34.4. The first-order chi connectivity index (χ1) is 17.8. The lowest BCUT2D eigenvalue weighted by molar-refractivity contribution is 0.102. The van der Waals surface area contributed by atoms with Crippen LogP contribution in [0.4, 0.5) is 11.4 Å². The quantitative estimate of drug-likeness (QED) is 0.278. The summed E-state index contributed by atoms with van der Waals surface area (Å²) in [6.07, 6.45) is 0. The minimum atomic E-state index is -4.03. The molecule has 0 aromatic heterocycles. The number of rotatable bonds is 9. The molecule has 0 unspecified atom stereocenters. The molecule has 4 rings (SSSR count). The Labute approximate surface area is 218 Å². The van der Waals surface area contributed by atoms with E-state index in [0.717, 1.165) is 11.1 Å². The van der Waals surface area contributed by atoms with E-state index >= 15 is 0 Å². The Kier molecular flexibility index (Phi) is 7.94. The first kappa shape index (κ1) is 26.0. The molecule has 0 fully saturated rings. The molecule has 0 spiro atoms. The van der Waals surface area contributed by atoms with Gasteiger partial charge in [0.15, 0.2) is 0 Å². The van der Waals surface area contributed by atoms with Gasteiger partial charge < -0.3 is 10.1 Å². The smallest absolute Gasteiger partial charge is 0.264 e. The largest absolute Gasteiger partial charge is 0.497 e. The van der Waals surface area contributed by atoms with E-state index in [4.69, 9.17) is 4.74 Å². The maximum atomic E-state index is 14.0. The molecule has 4 aromatic carbocycles. The summed E-state index contributed by atoms with van der Waals surface area (Å²) >= 11 is 0. The van der Waals surface area contributed by atoms with E-state index in [2.05, 4.69) is 19.2 Å². The average molecular weight is 515 g/mol. The van der Waals surface area contributed by atoms with Crippen LogP contribution in [-0.4, -0.2) is 21.4 Å². The first-order valence-electron chi connectivity index (χ1n) is 12.0. The SMILES string of the molecule is COc1ccc(S(=O)(=O)N(Cc2ccccc2)c2ccccc2C(=O)Nc2ccccc2C(C)C)cc1. The normalized spacial score (nSPS) is 11.2. The average Bonchev–Trinajstić information content (AvgIpc) is 2.92. The third kappa shape index (κ3) is 5.84. The molecule has 4 aromatic rings. The van der Waals surface area contributed by atoms with Gasteiger partial charge in [0.1, 0.15) is 5.75 Å². The monoisotopic (exact) mass is 514 g/mol. The summed E-state index contributed by atoms with van der Waals surface area (Å²) in [4.78, 5) is 13.7. The van der Waals surface area contributed by atoms with Crippen molar-refractivity contribution in [1.82, 2.24) is 0 Å². The Morgan fingerprint density at radius 1 is 0.838 bits per heavy atom. The zero-order valence-corrected chi connectivity index (χ0v) is 21.9. The van der Waals surface area contributed by atoms with Crippen LogP contribution in [0.2, 0.25) is 0 Å². The van der Waals surface area contributed by atoms with Gasteiger partial charge in [-0.15, -0.1) is 0 Å². The number of hydrogen-bond acceptors (Lipinski definition) is 4. The standard InChI is InChI=1S/C30H30N2O4S/c1-22(2)26-13-7-9-15-28(26)31-30(33)27-14-8-10-16-29(27)32(21-23-11-5-4-6-12-23)37(34,35)25-19-17-24(36-3)18-20-25/h4-20,22H,21H2,1-3H3,(H,31,33). The molecule has 0 saturated heterocycles. The zero-order valence-electron chi connectivity index (χ0n) is 21.1. The third-order valence-electron chi connectivity index (χ3n) is 6.06. The van der Waals surface area contributed by atoms with Crippen molar-refractivity contribution in [3.8, 4) is 5.75 Å². The number of para-hydroxylation sites is 2. The number of benzene rings is 4. The molecule has 0 heterocycles. The summed E-state index contributed by atoms with van der Waals surface area (Å²) in [5.41, 5.74) is 3.04. The van der Waals surface area contributed by atoms with Gasteiger partial charge in [-0.2, -0.15) is 0 Å². The Morgan fingerprint density at radius 2 is 1.46 bits per heavy atom. The van der Waals surface area contributed by atoms with Crippen LogP contribution in [0.25, 0.3) is 0 Å². The third-order valence-corrected chi connectivity index (χ3v) is 7.84. The van der Waals surface area contributed by atoms with E-state index in [1.165, 1.54) is 23.5 Å². The fraction of sp³-hybridized carbons (Fsp3) is 0.167. The summed E-state index contributed by atoms with van der Waals surface area (Å²) in [5.74, 6) is 0.376. The highest BCUT2D eigenvalue weighted by atomic mass is 32.2. The van der Waals surface area contributed by atoms with Crippen LogP contribution in [0, 0.1) is 0 Å². The van der Waals surface area contributed by atoms with Crippen molar-refractivity contribution in [2.75, 3.05) is 16.7 Å². The van der Waals surface area contributed by atoms with Crippen molar-refractivity contribution in [2.24, 2.45) is 0 Å². The van der Waals surface area contributed by atoms with Crippen molar-refractivity contribution in [3.05, 3.63) is 120 Å². The summed E-state index contributed by atoms with van der Waals surface area (Å²) in [6.45, 7) is 4.17. The Balaban J connectivity index is 1.79. The van der Waals surface area contributed by atoms with E-state index in [9.17, 15) is 13.2 Å². The van der Waals surface area contributed by atoms with Crippen molar-refractivity contribution in [1.29, 1.82) is 0 Å². The highest BCUT2D eigenvalue weighted by molar-refractivity contribution is 7.92. The second kappa shape index (κ2) is 11.3. The van der Waals surface area contributed by atoms with Crippen LogP contribution in [0.3, 0.4) is 0 Å². The molecule has 0 aliphatic rings. The predicted molar refractivity (Wildman–Crippen MR) is 148 cm³/mol. The second-order valence-electron chi connectivity index (χ2n) is 8.89. The molecule has 0 atom stereocenters. The van der Waals surface area contributed by atoms with Gasteiger partial charge in [0.2, 0.25) is 0 Å². The zero-order chi connectivity index (χ0) is 26.4. The minimum absolute atomic E-state index is 0.0576. The maximum Gasteiger partial charge on any atom is 0.264 e. The molecule has 0 radical (unpaired) electrons. The summed E-state index contributed by atoms with van der Waals surface area (Å²) in [7, 11) is -2.50. The van der Waals surface area contributed by atoms with Crippen LogP contribution >= 0.6 is 0 Å². The number of sulfonamides is 1. The van der Waals surface area contributed by atoms with Crippen LogP contribution in [0.15, 0.2) is 108 Å². The molecule has 0 saturated carbocycles. The van der Waals surface area contributed by atoms with E-state index in [1.807, 2.05) is 54.6 Å². The van der Waals surface area contributed by atoms with Gasteiger partial charge in [0.05, 0.1) is 29.8 Å². The predicted octanol–water partition coefficient (Wildman–Crippen LogP) is 6.47. The van der Waals surface area contributed by atoms with E-state index < -0.39 is 10.0 Å². The molecular weight excluding hydrogens is 484 g/mol. The van der Waals surface area contributed by atoms with Crippen molar-refractivity contribution < 1.29 is 17.9 Å². The number of hydrogen-bond donors (Lipinski definition) is 1. The van der Waals surface area contributed by atoms with Crippen LogP contribution < -0.4 is 14.4 Å². The highest BCUT2D eigenvalue weighted by Gasteiger charge is 2.29. The second-order valence-corrected chi connectivity index (χ2v) is 10.7. The highest BCUT2D eigenvalue weighted by Crippen LogP contribution is 2.31. The molecule has 6 nitrogen and oxygen atoms in total. The minimum Gasteiger partial charge on any atom is -0.497 e. The fourth-order valence-electron chi connectivity index (χ4n) is 4.11. The molecule has 0 aliphatic carbocycles.